The third kappa shape index (κ3) is 4.68. The Morgan fingerprint density at radius 1 is 0.442 bits per heavy atom. The van der Waals surface area contributed by atoms with Crippen LogP contribution < -0.4 is 0 Å². The number of fused-ring (bicyclic) bond motifs is 3. The first-order valence-corrected chi connectivity index (χ1v) is 14.2. The van der Waals surface area contributed by atoms with E-state index < -0.39 is 54.4 Å². The van der Waals surface area contributed by atoms with Gasteiger partial charge >= 0.3 is 0 Å². The summed E-state index contributed by atoms with van der Waals surface area (Å²) in [4.78, 5) is 14.4. The summed E-state index contributed by atoms with van der Waals surface area (Å²) in [6.45, 7) is 0. The Labute approximate surface area is 269 Å². The van der Waals surface area contributed by atoms with Crippen LogP contribution in [0.4, 0.5) is 0 Å². The quantitative estimate of drug-likeness (QED) is 0.204. The van der Waals surface area contributed by atoms with Gasteiger partial charge in [-0.25, -0.2) is 15.0 Å². The molecule has 202 valence electrons. The van der Waals surface area contributed by atoms with E-state index in [0.717, 1.165) is 22.5 Å². The standard InChI is InChI=1S/C39H25N3S/c1-4-13-26(14-5-1)30-19-10-11-20-32(30)39-41-37(28-17-8-3-9-18-28)40-38(42-39)29-23-24-33-35(25-29)43-34-22-12-21-31(36(33)34)27-15-6-2-7-16-27/h1-25H/i2D,6D,7D,12D,15D,16D,21D,22D,23D,24D,25D. The van der Waals surface area contributed by atoms with Gasteiger partial charge in [-0.1, -0.05) is 139 Å². The number of benzene rings is 6. The first kappa shape index (κ1) is 16.3. The summed E-state index contributed by atoms with van der Waals surface area (Å²) >= 11 is 0.896. The molecule has 8 aromatic rings. The second kappa shape index (κ2) is 10.8. The van der Waals surface area contributed by atoms with E-state index in [1.807, 2.05) is 84.9 Å². The van der Waals surface area contributed by atoms with Crippen LogP contribution in [0.1, 0.15) is 15.1 Å². The van der Waals surface area contributed by atoms with Crippen LogP contribution in [0.5, 0.6) is 0 Å². The molecule has 0 aliphatic heterocycles. The fraction of sp³-hybridized carbons (Fsp3) is 0. The number of hydrogen-bond acceptors (Lipinski definition) is 4. The largest absolute Gasteiger partial charge is 0.208 e. The van der Waals surface area contributed by atoms with Crippen molar-refractivity contribution in [3.63, 3.8) is 0 Å². The highest BCUT2D eigenvalue weighted by atomic mass is 32.1. The van der Waals surface area contributed by atoms with Gasteiger partial charge in [0.05, 0.1) is 15.1 Å². The van der Waals surface area contributed by atoms with E-state index in [1.165, 1.54) is 0 Å². The average molecular weight is 579 g/mol. The average Bonchev–Trinajstić information content (AvgIpc) is 3.60. The molecule has 3 nitrogen and oxygen atoms in total. The van der Waals surface area contributed by atoms with Gasteiger partial charge in [0.25, 0.3) is 0 Å². The molecule has 0 aliphatic rings. The Morgan fingerprint density at radius 2 is 1.09 bits per heavy atom. The van der Waals surface area contributed by atoms with Crippen molar-refractivity contribution in [3.8, 4) is 56.4 Å². The van der Waals surface area contributed by atoms with Crippen molar-refractivity contribution in [3.05, 3.63) is 151 Å². The Kier molecular flexibility index (Phi) is 4.06. The summed E-state index contributed by atoms with van der Waals surface area (Å²) in [5.41, 5.74) is 2.41. The molecule has 0 spiro atoms. The topological polar surface area (TPSA) is 38.7 Å². The molecule has 0 amide bonds. The van der Waals surface area contributed by atoms with E-state index in [0.29, 0.717) is 11.1 Å². The summed E-state index contributed by atoms with van der Waals surface area (Å²) in [6, 6.07) is 20.7. The second-order valence-electron chi connectivity index (χ2n) is 9.59. The van der Waals surface area contributed by atoms with Gasteiger partial charge in [0, 0.05) is 36.9 Å². The molecule has 0 aliphatic carbocycles. The van der Waals surface area contributed by atoms with Crippen molar-refractivity contribution in [2.45, 2.75) is 0 Å². The summed E-state index contributed by atoms with van der Waals surface area (Å²) < 4.78 is 96.6. The molecule has 0 unspecified atom stereocenters. The van der Waals surface area contributed by atoms with Crippen molar-refractivity contribution in [1.29, 1.82) is 0 Å². The zero-order chi connectivity index (χ0) is 38.2. The van der Waals surface area contributed by atoms with Gasteiger partial charge in [-0.15, -0.1) is 11.3 Å². The maximum Gasteiger partial charge on any atom is 0.164 e. The number of thiophene rings is 1. The van der Waals surface area contributed by atoms with Crippen LogP contribution in [0, 0.1) is 0 Å². The normalized spacial score (nSPS) is 14.8. The van der Waals surface area contributed by atoms with Crippen molar-refractivity contribution in [2.75, 3.05) is 0 Å². The van der Waals surface area contributed by atoms with E-state index in [2.05, 4.69) is 0 Å². The minimum Gasteiger partial charge on any atom is -0.208 e. The molecule has 2 aromatic heterocycles. The highest BCUT2D eigenvalue weighted by molar-refractivity contribution is 7.26. The fourth-order valence-corrected chi connectivity index (χ4v) is 6.01. The van der Waals surface area contributed by atoms with Crippen molar-refractivity contribution < 1.29 is 15.1 Å². The summed E-state index contributed by atoms with van der Waals surface area (Å²) in [5, 5.41) is -0.0132. The molecule has 43 heavy (non-hydrogen) atoms. The molecular weight excluding hydrogens is 543 g/mol. The van der Waals surface area contributed by atoms with Gasteiger partial charge in [-0.2, -0.15) is 0 Å². The van der Waals surface area contributed by atoms with Gasteiger partial charge in [-0.3, -0.25) is 0 Å². The highest BCUT2D eigenvalue weighted by Gasteiger charge is 2.17. The lowest BCUT2D eigenvalue weighted by Crippen LogP contribution is -2.01. The van der Waals surface area contributed by atoms with E-state index in [4.69, 9.17) is 25.9 Å². The van der Waals surface area contributed by atoms with Crippen LogP contribution in [-0.2, 0) is 0 Å². The summed E-state index contributed by atoms with van der Waals surface area (Å²) in [6.07, 6.45) is 0. The van der Waals surface area contributed by atoms with E-state index in [-0.39, 0.29) is 66.4 Å². The minimum atomic E-state index is -0.649. The predicted molar refractivity (Wildman–Crippen MR) is 180 cm³/mol. The Morgan fingerprint density at radius 3 is 1.86 bits per heavy atom. The van der Waals surface area contributed by atoms with Gasteiger partial charge in [0.1, 0.15) is 0 Å². The van der Waals surface area contributed by atoms with Gasteiger partial charge < -0.3 is 0 Å². The lowest BCUT2D eigenvalue weighted by molar-refractivity contribution is 1.07. The minimum absolute atomic E-state index is 0.00354. The fourth-order valence-electron chi connectivity index (χ4n) is 4.99. The molecule has 0 radical (unpaired) electrons. The van der Waals surface area contributed by atoms with Crippen LogP contribution >= 0.6 is 11.3 Å². The number of aromatic nitrogens is 3. The predicted octanol–water partition coefficient (Wildman–Crippen LogP) is 10.6. The maximum atomic E-state index is 9.50. The Bertz CT molecular complexity index is 2820. The maximum absolute atomic E-state index is 9.50. The Hall–Kier alpha value is -5.45. The van der Waals surface area contributed by atoms with Crippen molar-refractivity contribution in [1.82, 2.24) is 15.0 Å². The number of hydrogen-bond donors (Lipinski definition) is 0. The molecule has 6 aromatic carbocycles. The van der Waals surface area contributed by atoms with Crippen molar-refractivity contribution in [2.24, 2.45) is 0 Å². The molecule has 8 rings (SSSR count). The third-order valence-electron chi connectivity index (χ3n) is 6.97. The Balaban J connectivity index is 1.46. The number of nitrogens with zero attached hydrogens (tertiary/aromatic N) is 3. The zero-order valence-electron chi connectivity index (χ0n) is 33.3. The van der Waals surface area contributed by atoms with Crippen LogP contribution in [-0.4, -0.2) is 15.0 Å². The van der Waals surface area contributed by atoms with E-state index >= 15 is 0 Å². The lowest BCUT2D eigenvalue weighted by Gasteiger charge is -2.12. The van der Waals surface area contributed by atoms with E-state index in [1.54, 1.807) is 0 Å². The molecule has 0 bridgehead atoms. The van der Waals surface area contributed by atoms with Crippen LogP contribution in [0.3, 0.4) is 0 Å². The zero-order valence-corrected chi connectivity index (χ0v) is 23.1. The molecule has 0 N–H and O–H groups in total. The van der Waals surface area contributed by atoms with Crippen LogP contribution in [0.2, 0.25) is 0 Å². The highest BCUT2D eigenvalue weighted by Crippen LogP contribution is 2.41. The summed E-state index contributed by atoms with van der Waals surface area (Å²) in [7, 11) is 0. The SMILES string of the molecule is [2H]c1c([2H])c([2H])c(-c2c([2H])c([2H])c([2H])c3sc4c([2H])c(-c5nc(-c6ccccc6)nc(-c6ccccc6-c6ccccc6)n5)c([2H])c([2H])c4c23)c([2H])c1[2H]. The van der Waals surface area contributed by atoms with Crippen LogP contribution in [0.15, 0.2) is 151 Å². The van der Waals surface area contributed by atoms with E-state index in [9.17, 15) is 4.11 Å². The molecule has 0 saturated carbocycles. The lowest BCUT2D eigenvalue weighted by atomic mass is 9.99. The first-order chi connectivity index (χ1) is 25.9. The van der Waals surface area contributed by atoms with Gasteiger partial charge in [0.15, 0.2) is 17.5 Å². The smallest absolute Gasteiger partial charge is 0.164 e. The molecule has 0 fully saturated rings. The van der Waals surface area contributed by atoms with Crippen molar-refractivity contribution >= 4 is 31.5 Å². The van der Waals surface area contributed by atoms with Crippen LogP contribution in [0.25, 0.3) is 76.6 Å². The van der Waals surface area contributed by atoms with Gasteiger partial charge in [0.2, 0.25) is 0 Å². The molecule has 4 heteroatoms. The first-order valence-electron chi connectivity index (χ1n) is 18.9. The monoisotopic (exact) mass is 578 g/mol. The molecule has 0 saturated heterocycles. The summed E-state index contributed by atoms with van der Waals surface area (Å²) in [5.74, 6) is 0.508. The van der Waals surface area contributed by atoms with Gasteiger partial charge in [-0.05, 0) is 34.3 Å². The third-order valence-corrected chi connectivity index (χ3v) is 7.99. The number of rotatable bonds is 5. The second-order valence-corrected chi connectivity index (χ2v) is 10.6. The molecule has 2 heterocycles. The molecular formula is C39H25N3S. The molecule has 0 atom stereocenters.